The molecule has 2 atom stereocenters. The number of benzene rings is 2. The first-order valence-corrected chi connectivity index (χ1v) is 11.6. The lowest BCUT2D eigenvalue weighted by molar-refractivity contribution is -0.141. The van der Waals surface area contributed by atoms with Crippen molar-refractivity contribution in [2.24, 2.45) is 5.92 Å². The van der Waals surface area contributed by atoms with Crippen molar-refractivity contribution in [1.29, 1.82) is 0 Å². The van der Waals surface area contributed by atoms with Crippen molar-refractivity contribution in [1.82, 2.24) is 10.6 Å². The summed E-state index contributed by atoms with van der Waals surface area (Å²) >= 11 is 0. The number of alkyl carbamates (subject to hydrolysis) is 1. The van der Waals surface area contributed by atoms with E-state index < -0.39 is 24.1 Å². The van der Waals surface area contributed by atoms with E-state index >= 15 is 0 Å². The lowest BCUT2D eigenvalue weighted by Crippen LogP contribution is -2.38. The minimum atomic E-state index is -0.895. The quantitative estimate of drug-likeness (QED) is 0.439. The predicted molar refractivity (Wildman–Crippen MR) is 128 cm³/mol. The van der Waals surface area contributed by atoms with E-state index in [1.54, 1.807) is 6.92 Å². The van der Waals surface area contributed by atoms with Crippen LogP contribution in [-0.4, -0.2) is 55.5 Å². The molecule has 0 aliphatic heterocycles. The van der Waals surface area contributed by atoms with Crippen molar-refractivity contribution in [2.45, 2.75) is 38.7 Å². The Bertz CT molecular complexity index is 963. The van der Waals surface area contributed by atoms with Crippen molar-refractivity contribution in [3.05, 3.63) is 59.7 Å². The SMILES string of the molecule is CCOC(CNC(=O)OCC1c2ccccc2-c2ccccc21)CC(=O)NCCC(C)C(=O)O. The van der Waals surface area contributed by atoms with Gasteiger partial charge in [-0.05, 0) is 35.6 Å². The summed E-state index contributed by atoms with van der Waals surface area (Å²) in [5, 5.41) is 14.3. The van der Waals surface area contributed by atoms with Crippen LogP contribution in [0.15, 0.2) is 48.5 Å². The summed E-state index contributed by atoms with van der Waals surface area (Å²) in [6.07, 6.45) is -0.679. The van der Waals surface area contributed by atoms with Crippen LogP contribution in [0.3, 0.4) is 0 Å². The Morgan fingerprint density at radius 3 is 2.21 bits per heavy atom. The second kappa shape index (κ2) is 12.2. The third-order valence-electron chi connectivity index (χ3n) is 5.95. The molecule has 0 spiro atoms. The molecule has 0 saturated heterocycles. The number of carbonyl (C=O) groups excluding carboxylic acids is 2. The number of fused-ring (bicyclic) bond motifs is 3. The molecule has 8 heteroatoms. The number of hydrogen-bond acceptors (Lipinski definition) is 5. The summed E-state index contributed by atoms with van der Waals surface area (Å²) in [6.45, 7) is 4.40. The summed E-state index contributed by atoms with van der Waals surface area (Å²) in [6, 6.07) is 16.2. The highest BCUT2D eigenvalue weighted by atomic mass is 16.5. The lowest BCUT2D eigenvalue weighted by Gasteiger charge is -2.19. The molecular weight excluding hydrogens is 436 g/mol. The first-order valence-electron chi connectivity index (χ1n) is 11.6. The van der Waals surface area contributed by atoms with Crippen molar-refractivity contribution in [3.63, 3.8) is 0 Å². The fraction of sp³-hybridized carbons (Fsp3) is 0.423. The molecule has 0 bridgehead atoms. The summed E-state index contributed by atoms with van der Waals surface area (Å²) in [7, 11) is 0. The Balaban J connectivity index is 1.47. The molecule has 0 aromatic heterocycles. The number of rotatable bonds is 12. The molecule has 1 aliphatic rings. The maximum atomic E-state index is 12.4. The minimum absolute atomic E-state index is 0.0280. The fourth-order valence-electron chi connectivity index (χ4n) is 4.10. The summed E-state index contributed by atoms with van der Waals surface area (Å²) in [5.74, 6) is -1.71. The second-order valence-electron chi connectivity index (χ2n) is 8.37. The average molecular weight is 469 g/mol. The predicted octanol–water partition coefficient (Wildman–Crippen LogP) is 3.55. The molecule has 182 valence electrons. The molecule has 2 aromatic rings. The number of aliphatic carboxylic acids is 1. The summed E-state index contributed by atoms with van der Waals surface area (Å²) in [5.41, 5.74) is 4.59. The van der Waals surface area contributed by atoms with Crippen LogP contribution in [0, 0.1) is 5.92 Å². The molecule has 3 N–H and O–H groups in total. The third-order valence-corrected chi connectivity index (χ3v) is 5.95. The first kappa shape index (κ1) is 25.2. The number of amides is 2. The van der Waals surface area contributed by atoms with E-state index in [0.717, 1.165) is 22.3 Å². The molecule has 8 nitrogen and oxygen atoms in total. The van der Waals surface area contributed by atoms with Gasteiger partial charge in [-0.1, -0.05) is 55.5 Å². The van der Waals surface area contributed by atoms with Crippen LogP contribution in [0.2, 0.25) is 0 Å². The Labute approximate surface area is 199 Å². The van der Waals surface area contributed by atoms with Crippen molar-refractivity contribution in [2.75, 3.05) is 26.3 Å². The standard InChI is InChI=1S/C26H32N2O6/c1-3-33-18(14-24(29)27-13-12-17(2)25(30)31)15-28-26(32)34-16-23-21-10-6-4-8-19(21)20-9-5-7-11-22(20)23/h4-11,17-18,23H,3,12-16H2,1-2H3,(H,27,29)(H,28,32)(H,30,31). The van der Waals surface area contributed by atoms with Crippen LogP contribution in [0.1, 0.15) is 43.7 Å². The lowest BCUT2D eigenvalue weighted by atomic mass is 9.98. The van der Waals surface area contributed by atoms with Crippen molar-refractivity contribution in [3.8, 4) is 11.1 Å². The number of ether oxygens (including phenoxy) is 2. The van der Waals surface area contributed by atoms with Crippen LogP contribution < -0.4 is 10.6 Å². The highest BCUT2D eigenvalue weighted by Gasteiger charge is 2.29. The molecule has 3 rings (SSSR count). The molecule has 1 aliphatic carbocycles. The number of carboxylic acid groups (broad SMARTS) is 1. The van der Waals surface area contributed by atoms with Gasteiger partial charge in [0.15, 0.2) is 0 Å². The van der Waals surface area contributed by atoms with E-state index in [9.17, 15) is 14.4 Å². The number of carboxylic acids is 1. The van der Waals surface area contributed by atoms with E-state index in [1.165, 1.54) is 0 Å². The van der Waals surface area contributed by atoms with Crippen LogP contribution in [0.25, 0.3) is 11.1 Å². The van der Waals surface area contributed by atoms with Gasteiger partial charge in [-0.25, -0.2) is 4.79 Å². The fourth-order valence-corrected chi connectivity index (χ4v) is 4.10. The van der Waals surface area contributed by atoms with Crippen LogP contribution in [-0.2, 0) is 19.1 Å². The zero-order chi connectivity index (χ0) is 24.5. The first-order chi connectivity index (χ1) is 16.4. The van der Waals surface area contributed by atoms with Crippen molar-refractivity contribution >= 4 is 18.0 Å². The average Bonchev–Trinajstić information content (AvgIpc) is 3.15. The maximum Gasteiger partial charge on any atom is 0.407 e. The van der Waals surface area contributed by atoms with Crippen LogP contribution >= 0.6 is 0 Å². The van der Waals surface area contributed by atoms with E-state index in [4.69, 9.17) is 14.6 Å². The molecule has 2 unspecified atom stereocenters. The van der Waals surface area contributed by atoms with Crippen LogP contribution in [0.4, 0.5) is 4.79 Å². The minimum Gasteiger partial charge on any atom is -0.481 e. The molecule has 0 saturated carbocycles. The Hall–Kier alpha value is -3.39. The van der Waals surface area contributed by atoms with Crippen molar-refractivity contribution < 1.29 is 29.0 Å². The smallest absolute Gasteiger partial charge is 0.407 e. The van der Waals surface area contributed by atoms with Gasteiger partial charge in [0.25, 0.3) is 0 Å². The van der Waals surface area contributed by atoms with E-state index in [-0.39, 0.29) is 37.9 Å². The molecule has 0 heterocycles. The summed E-state index contributed by atoms with van der Waals surface area (Å²) in [4.78, 5) is 35.4. The molecule has 0 radical (unpaired) electrons. The third kappa shape index (κ3) is 6.57. The highest BCUT2D eigenvalue weighted by molar-refractivity contribution is 5.79. The number of carbonyl (C=O) groups is 3. The molecule has 0 fully saturated rings. The van der Waals surface area contributed by atoms with Gasteiger partial charge in [0.05, 0.1) is 18.4 Å². The van der Waals surface area contributed by atoms with E-state index in [1.807, 2.05) is 31.2 Å². The topological polar surface area (TPSA) is 114 Å². The molecular formula is C26H32N2O6. The second-order valence-corrected chi connectivity index (χ2v) is 8.37. The molecule has 2 amide bonds. The van der Waals surface area contributed by atoms with Gasteiger partial charge in [-0.15, -0.1) is 0 Å². The maximum absolute atomic E-state index is 12.4. The van der Waals surface area contributed by atoms with E-state index in [0.29, 0.717) is 13.0 Å². The molecule has 34 heavy (non-hydrogen) atoms. The van der Waals surface area contributed by atoms with Crippen LogP contribution in [0.5, 0.6) is 0 Å². The Morgan fingerprint density at radius 2 is 1.62 bits per heavy atom. The van der Waals surface area contributed by atoms with Gasteiger partial charge >= 0.3 is 12.1 Å². The van der Waals surface area contributed by atoms with Gasteiger partial charge in [-0.2, -0.15) is 0 Å². The normalized spacial score (nSPS) is 13.9. The zero-order valence-electron chi connectivity index (χ0n) is 19.6. The van der Waals surface area contributed by atoms with Gasteiger partial charge in [0, 0.05) is 25.6 Å². The van der Waals surface area contributed by atoms with Gasteiger partial charge in [0.2, 0.25) is 5.91 Å². The Kier molecular flexibility index (Phi) is 9.04. The number of nitrogens with one attached hydrogen (secondary N) is 2. The van der Waals surface area contributed by atoms with E-state index in [2.05, 4.69) is 34.9 Å². The van der Waals surface area contributed by atoms with Gasteiger partial charge in [-0.3, -0.25) is 9.59 Å². The zero-order valence-corrected chi connectivity index (χ0v) is 19.6. The molecule has 2 aromatic carbocycles. The highest BCUT2D eigenvalue weighted by Crippen LogP contribution is 2.44. The van der Waals surface area contributed by atoms with Gasteiger partial charge < -0.3 is 25.2 Å². The summed E-state index contributed by atoms with van der Waals surface area (Å²) < 4.78 is 11.1. The number of hydrogen-bond donors (Lipinski definition) is 3. The van der Waals surface area contributed by atoms with Gasteiger partial charge in [0.1, 0.15) is 6.61 Å². The largest absolute Gasteiger partial charge is 0.481 e. The monoisotopic (exact) mass is 468 g/mol. The Morgan fingerprint density at radius 1 is 1.00 bits per heavy atom.